The van der Waals surface area contributed by atoms with Gasteiger partial charge in [0.15, 0.2) is 4.80 Å². The van der Waals surface area contributed by atoms with E-state index in [9.17, 15) is 18.0 Å². The molecule has 0 unspecified atom stereocenters. The predicted molar refractivity (Wildman–Crippen MR) is 135 cm³/mol. The lowest BCUT2D eigenvalue weighted by Gasteiger charge is -2.19. The fourth-order valence-corrected chi connectivity index (χ4v) is 5.89. The minimum atomic E-state index is -3.80. The summed E-state index contributed by atoms with van der Waals surface area (Å²) in [5.74, 6) is -1.01. The highest BCUT2D eigenvalue weighted by Gasteiger charge is 2.21. The average Bonchev–Trinajstić information content (AvgIpc) is 3.21. The number of carbonyl (C=O) groups is 2. The minimum Gasteiger partial charge on any atom is -0.468 e. The van der Waals surface area contributed by atoms with E-state index < -0.39 is 21.9 Å². The molecule has 10 heteroatoms. The molecule has 1 aromatic heterocycles. The number of hydrogen-bond donors (Lipinski definition) is 0. The van der Waals surface area contributed by atoms with Crippen molar-refractivity contribution in [2.24, 2.45) is 4.99 Å². The molecule has 0 radical (unpaired) electrons. The molecule has 1 heterocycles. The molecule has 8 nitrogen and oxygen atoms in total. The topological polar surface area (TPSA) is 98.0 Å². The van der Waals surface area contributed by atoms with Gasteiger partial charge in [0.05, 0.1) is 27.9 Å². The molecule has 180 valence electrons. The van der Waals surface area contributed by atoms with Crippen LogP contribution in [-0.2, 0) is 26.1 Å². The second-order valence-corrected chi connectivity index (χ2v) is 10.7. The van der Waals surface area contributed by atoms with Crippen molar-refractivity contribution in [2.45, 2.75) is 18.4 Å². The van der Waals surface area contributed by atoms with Crippen molar-refractivity contribution >= 4 is 49.1 Å². The number of nitrogens with zero attached hydrogens (tertiary/aromatic N) is 3. The first-order chi connectivity index (χ1) is 16.7. The van der Waals surface area contributed by atoms with Crippen LogP contribution in [-0.4, -0.2) is 39.0 Å². The van der Waals surface area contributed by atoms with Gasteiger partial charge in [-0.1, -0.05) is 41.7 Å². The van der Waals surface area contributed by atoms with E-state index in [-0.39, 0.29) is 17.0 Å². The molecular formula is C25H23N3O5S2. The van der Waals surface area contributed by atoms with E-state index in [0.717, 1.165) is 15.8 Å². The van der Waals surface area contributed by atoms with Crippen LogP contribution in [0.3, 0.4) is 0 Å². The molecule has 1 amide bonds. The monoisotopic (exact) mass is 509 g/mol. The number of benzene rings is 3. The van der Waals surface area contributed by atoms with Crippen LogP contribution in [0.4, 0.5) is 5.69 Å². The number of esters is 1. The van der Waals surface area contributed by atoms with Crippen LogP contribution in [0.2, 0.25) is 0 Å². The molecule has 4 rings (SSSR count). The second kappa shape index (κ2) is 9.85. The molecule has 0 atom stereocenters. The van der Waals surface area contributed by atoms with Gasteiger partial charge in [0, 0.05) is 12.6 Å². The first-order valence-electron chi connectivity index (χ1n) is 10.6. The van der Waals surface area contributed by atoms with Crippen LogP contribution >= 0.6 is 11.3 Å². The maximum atomic E-state index is 13.0. The van der Waals surface area contributed by atoms with Crippen molar-refractivity contribution in [1.82, 2.24) is 4.57 Å². The third kappa shape index (κ3) is 4.89. The second-order valence-electron chi connectivity index (χ2n) is 7.72. The Bertz CT molecular complexity index is 1570. The van der Waals surface area contributed by atoms with Gasteiger partial charge in [-0.3, -0.25) is 13.9 Å². The lowest BCUT2D eigenvalue weighted by molar-refractivity contribution is -0.141. The third-order valence-electron chi connectivity index (χ3n) is 5.49. The Morgan fingerprint density at radius 2 is 1.69 bits per heavy atom. The van der Waals surface area contributed by atoms with Crippen LogP contribution in [0.25, 0.3) is 10.2 Å². The number of anilines is 1. The molecule has 0 bridgehead atoms. The molecule has 0 fully saturated rings. The zero-order valence-corrected chi connectivity index (χ0v) is 21.0. The highest BCUT2D eigenvalue weighted by atomic mass is 32.2. The van der Waals surface area contributed by atoms with Crippen molar-refractivity contribution in [3.63, 3.8) is 0 Å². The van der Waals surface area contributed by atoms with Gasteiger partial charge in [0.1, 0.15) is 6.54 Å². The molecule has 0 aliphatic carbocycles. The van der Waals surface area contributed by atoms with Crippen LogP contribution < -0.4 is 9.11 Å². The van der Waals surface area contributed by atoms with Crippen LogP contribution in [0.1, 0.15) is 15.9 Å². The van der Waals surface area contributed by atoms with E-state index in [4.69, 9.17) is 4.74 Å². The summed E-state index contributed by atoms with van der Waals surface area (Å²) in [6, 6.07) is 20.1. The number of methoxy groups -OCH3 is 1. The Labute approximate surface area is 206 Å². The standard InChI is InChI=1S/C25H23N3O5S2/c1-17-8-7-11-21-23(17)28(16-22(29)33-3)25(34-21)26-24(30)18-12-14-20(15-13-18)35(31,32)27(2)19-9-5-4-6-10-19/h4-15H,16H2,1-3H3. The fourth-order valence-electron chi connectivity index (χ4n) is 3.59. The highest BCUT2D eigenvalue weighted by molar-refractivity contribution is 7.92. The zero-order valence-electron chi connectivity index (χ0n) is 19.3. The molecule has 35 heavy (non-hydrogen) atoms. The summed E-state index contributed by atoms with van der Waals surface area (Å²) < 4.78 is 34.5. The number of ether oxygens (including phenoxy) is 1. The van der Waals surface area contributed by atoms with Crippen molar-refractivity contribution in [1.29, 1.82) is 0 Å². The van der Waals surface area contributed by atoms with Crippen molar-refractivity contribution < 1.29 is 22.7 Å². The van der Waals surface area contributed by atoms with Gasteiger partial charge in [-0.05, 0) is 55.0 Å². The number of aromatic nitrogens is 1. The van der Waals surface area contributed by atoms with Crippen LogP contribution in [0.15, 0.2) is 82.7 Å². The van der Waals surface area contributed by atoms with Gasteiger partial charge in [0.25, 0.3) is 15.9 Å². The van der Waals surface area contributed by atoms with Gasteiger partial charge in [-0.2, -0.15) is 4.99 Å². The van der Waals surface area contributed by atoms with Crippen LogP contribution in [0, 0.1) is 6.92 Å². The summed E-state index contributed by atoms with van der Waals surface area (Å²) in [6.07, 6.45) is 0. The Kier molecular flexibility index (Phi) is 6.86. The zero-order chi connectivity index (χ0) is 25.2. The maximum absolute atomic E-state index is 13.0. The summed E-state index contributed by atoms with van der Waals surface area (Å²) >= 11 is 1.29. The first kappa shape index (κ1) is 24.4. The number of para-hydroxylation sites is 2. The molecule has 0 saturated heterocycles. The quantitative estimate of drug-likeness (QED) is 0.369. The summed E-state index contributed by atoms with van der Waals surface area (Å²) in [5.41, 5.74) is 2.50. The molecule has 0 spiro atoms. The lowest BCUT2D eigenvalue weighted by atomic mass is 10.2. The maximum Gasteiger partial charge on any atom is 0.325 e. The largest absolute Gasteiger partial charge is 0.468 e. The summed E-state index contributed by atoms with van der Waals surface area (Å²) in [5, 5.41) is 0. The molecule has 4 aromatic rings. The van der Waals surface area contributed by atoms with Gasteiger partial charge in [-0.25, -0.2) is 8.42 Å². The van der Waals surface area contributed by atoms with E-state index >= 15 is 0 Å². The molecular weight excluding hydrogens is 486 g/mol. The Balaban J connectivity index is 1.68. The van der Waals surface area contributed by atoms with E-state index in [2.05, 4.69) is 4.99 Å². The number of carbonyl (C=O) groups excluding carboxylic acids is 2. The van der Waals surface area contributed by atoms with Gasteiger partial charge in [0.2, 0.25) is 0 Å². The van der Waals surface area contributed by atoms with E-state index in [1.807, 2.05) is 25.1 Å². The SMILES string of the molecule is COC(=O)Cn1c(=NC(=O)c2ccc(S(=O)(=O)N(C)c3ccccc3)cc2)sc2cccc(C)c21. The van der Waals surface area contributed by atoms with Crippen molar-refractivity contribution in [3.8, 4) is 0 Å². The van der Waals surface area contributed by atoms with E-state index in [1.54, 1.807) is 34.9 Å². The number of aryl methyl sites for hydroxylation is 1. The third-order valence-corrected chi connectivity index (χ3v) is 8.34. The molecule has 0 saturated carbocycles. The number of fused-ring (bicyclic) bond motifs is 1. The summed E-state index contributed by atoms with van der Waals surface area (Å²) in [7, 11) is -1.02. The lowest BCUT2D eigenvalue weighted by Crippen LogP contribution is -2.26. The average molecular weight is 510 g/mol. The van der Waals surface area contributed by atoms with Crippen LogP contribution in [0.5, 0.6) is 0 Å². The number of amides is 1. The Hall–Kier alpha value is -3.76. The summed E-state index contributed by atoms with van der Waals surface area (Å²) in [4.78, 5) is 29.6. The Morgan fingerprint density at radius 3 is 2.34 bits per heavy atom. The number of hydrogen-bond acceptors (Lipinski definition) is 6. The molecule has 0 aliphatic heterocycles. The van der Waals surface area contributed by atoms with Crippen molar-refractivity contribution in [3.05, 3.63) is 88.7 Å². The van der Waals surface area contributed by atoms with Gasteiger partial charge in [-0.15, -0.1) is 0 Å². The molecule has 3 aromatic carbocycles. The van der Waals surface area contributed by atoms with Crippen molar-refractivity contribution in [2.75, 3.05) is 18.5 Å². The first-order valence-corrected chi connectivity index (χ1v) is 12.9. The van der Waals surface area contributed by atoms with Gasteiger partial charge >= 0.3 is 5.97 Å². The van der Waals surface area contributed by atoms with E-state index in [1.165, 1.54) is 54.1 Å². The Morgan fingerprint density at radius 1 is 1.00 bits per heavy atom. The fraction of sp³-hybridized carbons (Fsp3) is 0.160. The molecule has 0 N–H and O–H groups in total. The van der Waals surface area contributed by atoms with Gasteiger partial charge < -0.3 is 9.30 Å². The van der Waals surface area contributed by atoms with E-state index in [0.29, 0.717) is 10.5 Å². The molecule has 0 aliphatic rings. The predicted octanol–water partition coefficient (Wildman–Crippen LogP) is 3.75. The number of sulfonamides is 1. The number of rotatable bonds is 6. The smallest absolute Gasteiger partial charge is 0.325 e. The highest BCUT2D eigenvalue weighted by Crippen LogP contribution is 2.23. The summed E-state index contributed by atoms with van der Waals surface area (Å²) in [6.45, 7) is 1.83. The minimum absolute atomic E-state index is 0.0543. The number of thiazole rings is 1. The normalized spacial score (nSPS) is 12.0.